The van der Waals surface area contributed by atoms with E-state index < -0.39 is 0 Å². The minimum atomic E-state index is -0.0782. The zero-order chi connectivity index (χ0) is 12.1. The number of rotatable bonds is 4. The lowest BCUT2D eigenvalue weighted by molar-refractivity contribution is -0.149. The molecule has 3 nitrogen and oxygen atoms in total. The highest BCUT2D eigenvalue weighted by Gasteiger charge is 2.28. The molecule has 0 spiro atoms. The van der Waals surface area contributed by atoms with E-state index in [1.807, 2.05) is 13.8 Å². The summed E-state index contributed by atoms with van der Waals surface area (Å²) in [4.78, 5) is 13.8. The number of ether oxygens (including phenoxy) is 1. The van der Waals surface area contributed by atoms with Crippen molar-refractivity contribution in [2.24, 2.45) is 11.8 Å². The first-order valence-electron chi connectivity index (χ1n) is 6.47. The first-order valence-corrected chi connectivity index (χ1v) is 6.47. The third-order valence-corrected chi connectivity index (χ3v) is 3.69. The lowest BCUT2D eigenvalue weighted by atomic mass is 9.86. The minimum absolute atomic E-state index is 0.0759. The molecule has 16 heavy (non-hydrogen) atoms. The molecule has 0 amide bonds. The molecule has 1 atom stereocenters. The van der Waals surface area contributed by atoms with Gasteiger partial charge in [0.1, 0.15) is 6.04 Å². The monoisotopic (exact) mass is 227 g/mol. The standard InChI is InChI=1S/C13H25NO2/c1-5-16-13(15)11(4)14-8-6-12(7-9-14)10(2)3/h10-12H,5-9H2,1-4H3. The maximum Gasteiger partial charge on any atom is 0.323 e. The molecule has 1 saturated heterocycles. The molecular formula is C13H25NO2. The molecule has 0 aromatic rings. The van der Waals surface area contributed by atoms with Crippen LogP contribution in [0, 0.1) is 11.8 Å². The van der Waals surface area contributed by atoms with Gasteiger partial charge in [-0.05, 0) is 51.6 Å². The maximum atomic E-state index is 11.6. The molecule has 3 heteroatoms. The van der Waals surface area contributed by atoms with Crippen LogP contribution >= 0.6 is 0 Å². The maximum absolute atomic E-state index is 11.6. The fourth-order valence-corrected chi connectivity index (χ4v) is 2.39. The summed E-state index contributed by atoms with van der Waals surface area (Å²) in [5, 5.41) is 0. The van der Waals surface area contributed by atoms with Crippen LogP contribution in [0.25, 0.3) is 0 Å². The Morgan fingerprint density at radius 3 is 2.31 bits per heavy atom. The summed E-state index contributed by atoms with van der Waals surface area (Å²) >= 11 is 0. The molecule has 0 aliphatic carbocycles. The molecule has 1 fully saturated rings. The van der Waals surface area contributed by atoms with E-state index in [1.165, 1.54) is 12.8 Å². The van der Waals surface area contributed by atoms with E-state index in [0.717, 1.165) is 24.9 Å². The Bertz CT molecular complexity index is 220. The van der Waals surface area contributed by atoms with E-state index in [2.05, 4.69) is 18.7 Å². The van der Waals surface area contributed by atoms with Crippen molar-refractivity contribution in [3.05, 3.63) is 0 Å². The molecule has 0 bridgehead atoms. The van der Waals surface area contributed by atoms with Crippen molar-refractivity contribution in [3.63, 3.8) is 0 Å². The Morgan fingerprint density at radius 1 is 1.31 bits per heavy atom. The summed E-state index contributed by atoms with van der Waals surface area (Å²) in [6, 6.07) is -0.0759. The van der Waals surface area contributed by atoms with Crippen molar-refractivity contribution in [2.75, 3.05) is 19.7 Å². The quantitative estimate of drug-likeness (QED) is 0.690. The van der Waals surface area contributed by atoms with E-state index >= 15 is 0 Å². The zero-order valence-corrected chi connectivity index (χ0v) is 11.0. The molecule has 94 valence electrons. The summed E-state index contributed by atoms with van der Waals surface area (Å²) in [5.74, 6) is 1.51. The number of likely N-dealkylation sites (tertiary alicyclic amines) is 1. The summed E-state index contributed by atoms with van der Waals surface area (Å²) < 4.78 is 5.05. The van der Waals surface area contributed by atoms with E-state index in [1.54, 1.807) is 0 Å². The number of carbonyl (C=O) groups excluding carboxylic acids is 1. The SMILES string of the molecule is CCOC(=O)C(C)N1CCC(C(C)C)CC1. The van der Waals surface area contributed by atoms with Gasteiger partial charge in [0.25, 0.3) is 0 Å². The fraction of sp³-hybridized carbons (Fsp3) is 0.923. The lowest BCUT2D eigenvalue weighted by Crippen LogP contribution is -2.45. The Kier molecular flexibility index (Phi) is 5.26. The van der Waals surface area contributed by atoms with Gasteiger partial charge in [0.05, 0.1) is 6.61 Å². The van der Waals surface area contributed by atoms with Crippen molar-refractivity contribution in [2.45, 2.75) is 46.6 Å². The third-order valence-electron chi connectivity index (χ3n) is 3.69. The highest BCUT2D eigenvalue weighted by Crippen LogP contribution is 2.25. The predicted molar refractivity (Wildman–Crippen MR) is 65.2 cm³/mol. The molecule has 0 radical (unpaired) electrons. The molecule has 0 N–H and O–H groups in total. The first kappa shape index (κ1) is 13.5. The fourth-order valence-electron chi connectivity index (χ4n) is 2.39. The minimum Gasteiger partial charge on any atom is -0.465 e. The van der Waals surface area contributed by atoms with Crippen LogP contribution in [-0.4, -0.2) is 36.6 Å². The number of nitrogens with zero attached hydrogens (tertiary/aromatic N) is 1. The number of piperidine rings is 1. The van der Waals surface area contributed by atoms with Crippen LogP contribution in [0.1, 0.15) is 40.5 Å². The summed E-state index contributed by atoms with van der Waals surface area (Å²) in [6.45, 7) is 10.9. The van der Waals surface area contributed by atoms with Crippen LogP contribution in [0.5, 0.6) is 0 Å². The Hall–Kier alpha value is -0.570. The Balaban J connectivity index is 2.38. The van der Waals surface area contributed by atoms with E-state index in [9.17, 15) is 4.79 Å². The number of hydrogen-bond acceptors (Lipinski definition) is 3. The van der Waals surface area contributed by atoms with Crippen LogP contribution in [0.4, 0.5) is 0 Å². The van der Waals surface area contributed by atoms with Crippen molar-refractivity contribution >= 4 is 5.97 Å². The van der Waals surface area contributed by atoms with Gasteiger partial charge < -0.3 is 4.74 Å². The van der Waals surface area contributed by atoms with Crippen molar-refractivity contribution in [1.82, 2.24) is 4.90 Å². The van der Waals surface area contributed by atoms with E-state index in [-0.39, 0.29) is 12.0 Å². The highest BCUT2D eigenvalue weighted by atomic mass is 16.5. The van der Waals surface area contributed by atoms with Crippen LogP contribution in [0.15, 0.2) is 0 Å². The average molecular weight is 227 g/mol. The first-order chi connectivity index (χ1) is 7.56. The molecular weight excluding hydrogens is 202 g/mol. The van der Waals surface area contributed by atoms with Crippen molar-refractivity contribution in [1.29, 1.82) is 0 Å². The Labute approximate surface area is 99.1 Å². The predicted octanol–water partition coefficient (Wildman–Crippen LogP) is 2.31. The van der Waals surface area contributed by atoms with Gasteiger partial charge in [-0.25, -0.2) is 0 Å². The molecule has 1 heterocycles. The van der Waals surface area contributed by atoms with Gasteiger partial charge in [-0.15, -0.1) is 0 Å². The summed E-state index contributed by atoms with van der Waals surface area (Å²) in [5.41, 5.74) is 0. The zero-order valence-electron chi connectivity index (χ0n) is 11.0. The average Bonchev–Trinajstić information content (AvgIpc) is 2.28. The normalized spacial score (nSPS) is 21.1. The largest absolute Gasteiger partial charge is 0.465 e. The van der Waals surface area contributed by atoms with Gasteiger partial charge in [0, 0.05) is 0 Å². The second-order valence-electron chi connectivity index (χ2n) is 5.05. The molecule has 1 rings (SSSR count). The van der Waals surface area contributed by atoms with Crippen LogP contribution in [0.2, 0.25) is 0 Å². The smallest absolute Gasteiger partial charge is 0.323 e. The van der Waals surface area contributed by atoms with Gasteiger partial charge in [-0.1, -0.05) is 13.8 Å². The highest BCUT2D eigenvalue weighted by molar-refractivity contribution is 5.75. The van der Waals surface area contributed by atoms with Crippen molar-refractivity contribution in [3.8, 4) is 0 Å². The lowest BCUT2D eigenvalue weighted by Gasteiger charge is -2.36. The Morgan fingerprint density at radius 2 is 1.88 bits per heavy atom. The molecule has 0 aromatic carbocycles. The molecule has 0 saturated carbocycles. The number of esters is 1. The molecule has 1 unspecified atom stereocenters. The van der Waals surface area contributed by atoms with Crippen LogP contribution in [-0.2, 0) is 9.53 Å². The second kappa shape index (κ2) is 6.24. The topological polar surface area (TPSA) is 29.5 Å². The van der Waals surface area contributed by atoms with Gasteiger partial charge in [0.2, 0.25) is 0 Å². The third kappa shape index (κ3) is 3.48. The van der Waals surface area contributed by atoms with E-state index in [4.69, 9.17) is 4.74 Å². The van der Waals surface area contributed by atoms with Crippen LogP contribution in [0.3, 0.4) is 0 Å². The van der Waals surface area contributed by atoms with Crippen molar-refractivity contribution < 1.29 is 9.53 Å². The molecule has 1 aliphatic heterocycles. The van der Waals surface area contributed by atoms with E-state index in [0.29, 0.717) is 6.61 Å². The second-order valence-corrected chi connectivity index (χ2v) is 5.05. The van der Waals surface area contributed by atoms with Gasteiger partial charge in [0.15, 0.2) is 0 Å². The van der Waals surface area contributed by atoms with Gasteiger partial charge >= 0.3 is 5.97 Å². The number of carbonyl (C=O) groups is 1. The van der Waals surface area contributed by atoms with Crippen LogP contribution < -0.4 is 0 Å². The molecule has 1 aliphatic rings. The summed E-state index contributed by atoms with van der Waals surface area (Å²) in [6.07, 6.45) is 2.42. The number of hydrogen-bond donors (Lipinski definition) is 0. The van der Waals surface area contributed by atoms with Gasteiger partial charge in [-0.3, -0.25) is 9.69 Å². The van der Waals surface area contributed by atoms with Gasteiger partial charge in [-0.2, -0.15) is 0 Å². The molecule has 0 aromatic heterocycles. The summed E-state index contributed by atoms with van der Waals surface area (Å²) in [7, 11) is 0.